The Kier molecular flexibility index (Phi) is 5.85. The number of nitrogens with one attached hydrogen (secondary N) is 1. The highest BCUT2D eigenvalue weighted by molar-refractivity contribution is 5.69. The molecule has 108 valence electrons. The Morgan fingerprint density at radius 3 is 2.63 bits per heavy atom. The SMILES string of the molecule is COCC(CO)Nc1cc(OC(C)C)c(F)cc1N. The zero-order valence-corrected chi connectivity index (χ0v) is 11.4. The summed E-state index contributed by atoms with van der Waals surface area (Å²) < 4.78 is 24.0. The van der Waals surface area contributed by atoms with Crippen molar-refractivity contribution in [3.8, 4) is 5.75 Å². The molecule has 0 fully saturated rings. The van der Waals surface area contributed by atoms with Crippen molar-refractivity contribution >= 4 is 11.4 Å². The molecule has 0 saturated heterocycles. The van der Waals surface area contributed by atoms with Crippen LogP contribution >= 0.6 is 0 Å². The van der Waals surface area contributed by atoms with Crippen molar-refractivity contribution in [3.05, 3.63) is 17.9 Å². The second kappa shape index (κ2) is 7.16. The fourth-order valence-corrected chi connectivity index (χ4v) is 1.60. The lowest BCUT2D eigenvalue weighted by atomic mass is 10.2. The van der Waals surface area contributed by atoms with Crippen LogP contribution in [0.5, 0.6) is 5.75 Å². The van der Waals surface area contributed by atoms with Gasteiger partial charge in [-0.25, -0.2) is 4.39 Å². The van der Waals surface area contributed by atoms with Crippen molar-refractivity contribution in [2.75, 3.05) is 31.4 Å². The van der Waals surface area contributed by atoms with Gasteiger partial charge >= 0.3 is 0 Å². The summed E-state index contributed by atoms with van der Waals surface area (Å²) >= 11 is 0. The first-order valence-electron chi connectivity index (χ1n) is 6.10. The third-order valence-electron chi connectivity index (χ3n) is 2.41. The normalized spacial score (nSPS) is 12.5. The minimum atomic E-state index is -0.510. The van der Waals surface area contributed by atoms with Gasteiger partial charge in [0, 0.05) is 19.2 Å². The van der Waals surface area contributed by atoms with Gasteiger partial charge in [-0.1, -0.05) is 0 Å². The summed E-state index contributed by atoms with van der Waals surface area (Å²) in [4.78, 5) is 0. The molecule has 0 radical (unpaired) electrons. The quantitative estimate of drug-likeness (QED) is 0.657. The third kappa shape index (κ3) is 4.57. The van der Waals surface area contributed by atoms with E-state index >= 15 is 0 Å². The largest absolute Gasteiger partial charge is 0.488 e. The molecule has 19 heavy (non-hydrogen) atoms. The zero-order chi connectivity index (χ0) is 14.4. The number of aliphatic hydroxyl groups excluding tert-OH is 1. The lowest BCUT2D eigenvalue weighted by Crippen LogP contribution is -2.29. The number of halogens is 1. The van der Waals surface area contributed by atoms with Gasteiger partial charge in [0.2, 0.25) is 0 Å². The van der Waals surface area contributed by atoms with Gasteiger partial charge in [0.1, 0.15) is 0 Å². The maximum Gasteiger partial charge on any atom is 0.167 e. The van der Waals surface area contributed by atoms with E-state index in [1.807, 2.05) is 13.8 Å². The van der Waals surface area contributed by atoms with E-state index < -0.39 is 5.82 Å². The summed E-state index contributed by atoms with van der Waals surface area (Å²) in [6, 6.07) is 2.37. The van der Waals surface area contributed by atoms with Crippen LogP contribution in [-0.4, -0.2) is 37.6 Å². The van der Waals surface area contributed by atoms with Crippen LogP contribution in [0.15, 0.2) is 12.1 Å². The van der Waals surface area contributed by atoms with Gasteiger partial charge in [-0.3, -0.25) is 0 Å². The fraction of sp³-hybridized carbons (Fsp3) is 0.538. The molecule has 6 heteroatoms. The van der Waals surface area contributed by atoms with Crippen LogP contribution in [0.1, 0.15) is 13.8 Å². The van der Waals surface area contributed by atoms with Gasteiger partial charge < -0.3 is 25.6 Å². The molecule has 0 aliphatic rings. The van der Waals surface area contributed by atoms with Gasteiger partial charge in [0.25, 0.3) is 0 Å². The molecule has 0 amide bonds. The molecular weight excluding hydrogens is 251 g/mol. The molecule has 0 aliphatic carbocycles. The van der Waals surface area contributed by atoms with Gasteiger partial charge in [-0.05, 0) is 13.8 Å². The highest BCUT2D eigenvalue weighted by atomic mass is 19.1. The second-order valence-corrected chi connectivity index (χ2v) is 4.52. The van der Waals surface area contributed by atoms with E-state index in [2.05, 4.69) is 5.32 Å². The first-order chi connectivity index (χ1) is 8.97. The fourth-order valence-electron chi connectivity index (χ4n) is 1.60. The molecule has 1 rings (SSSR count). The van der Waals surface area contributed by atoms with Crippen molar-refractivity contribution < 1.29 is 19.0 Å². The van der Waals surface area contributed by atoms with Gasteiger partial charge in [0.15, 0.2) is 11.6 Å². The number of rotatable bonds is 7. The van der Waals surface area contributed by atoms with E-state index in [0.29, 0.717) is 12.3 Å². The number of nitrogen functional groups attached to an aromatic ring is 1. The molecule has 4 N–H and O–H groups in total. The summed E-state index contributed by atoms with van der Waals surface area (Å²) in [6.45, 7) is 3.81. The summed E-state index contributed by atoms with van der Waals surface area (Å²) in [6.07, 6.45) is -0.140. The van der Waals surface area contributed by atoms with Crippen LogP contribution < -0.4 is 15.8 Å². The minimum absolute atomic E-state index is 0.120. The van der Waals surface area contributed by atoms with E-state index in [1.165, 1.54) is 19.2 Å². The number of anilines is 2. The van der Waals surface area contributed by atoms with E-state index in [1.54, 1.807) is 0 Å². The Morgan fingerprint density at radius 2 is 2.11 bits per heavy atom. The molecule has 0 aliphatic heterocycles. The van der Waals surface area contributed by atoms with Gasteiger partial charge in [-0.15, -0.1) is 0 Å². The molecular formula is C13H21FN2O3. The number of aliphatic hydroxyl groups is 1. The van der Waals surface area contributed by atoms with E-state index in [0.717, 1.165) is 0 Å². The Balaban J connectivity index is 2.93. The second-order valence-electron chi connectivity index (χ2n) is 4.52. The molecule has 0 saturated carbocycles. The van der Waals surface area contributed by atoms with Gasteiger partial charge in [0.05, 0.1) is 36.7 Å². The molecule has 0 aromatic heterocycles. The standard InChI is InChI=1S/C13H21FN2O3/c1-8(2)19-13-5-12(11(15)4-10(13)14)16-9(6-17)7-18-3/h4-5,8-9,16-17H,6-7,15H2,1-3H3. The summed E-state index contributed by atoms with van der Waals surface area (Å²) in [7, 11) is 1.53. The van der Waals surface area contributed by atoms with Crippen LogP contribution in [0, 0.1) is 5.82 Å². The number of ether oxygens (including phenoxy) is 2. The lowest BCUT2D eigenvalue weighted by molar-refractivity contribution is 0.153. The summed E-state index contributed by atoms with van der Waals surface area (Å²) in [5, 5.41) is 12.2. The van der Waals surface area contributed by atoms with Crippen LogP contribution in [0.3, 0.4) is 0 Å². The number of nitrogens with two attached hydrogens (primary N) is 1. The Hall–Kier alpha value is -1.53. The monoisotopic (exact) mass is 272 g/mol. The minimum Gasteiger partial charge on any atom is -0.488 e. The Bertz CT molecular complexity index is 413. The van der Waals surface area contributed by atoms with Crippen LogP contribution in [-0.2, 0) is 4.74 Å². The highest BCUT2D eigenvalue weighted by Crippen LogP contribution is 2.29. The van der Waals surface area contributed by atoms with E-state index in [9.17, 15) is 9.50 Å². The average molecular weight is 272 g/mol. The molecule has 0 heterocycles. The zero-order valence-electron chi connectivity index (χ0n) is 11.4. The Morgan fingerprint density at radius 1 is 1.42 bits per heavy atom. The van der Waals surface area contributed by atoms with Crippen molar-refractivity contribution in [1.29, 1.82) is 0 Å². The average Bonchev–Trinajstić information content (AvgIpc) is 2.33. The van der Waals surface area contributed by atoms with Crippen molar-refractivity contribution in [2.24, 2.45) is 0 Å². The molecule has 1 atom stereocenters. The maximum absolute atomic E-state index is 13.7. The third-order valence-corrected chi connectivity index (χ3v) is 2.41. The van der Waals surface area contributed by atoms with Crippen LogP contribution in [0.25, 0.3) is 0 Å². The molecule has 1 unspecified atom stereocenters. The maximum atomic E-state index is 13.7. The lowest BCUT2D eigenvalue weighted by Gasteiger charge is -2.19. The number of methoxy groups -OCH3 is 1. The predicted octanol–water partition coefficient (Wildman–Crippen LogP) is 1.61. The van der Waals surface area contributed by atoms with Crippen molar-refractivity contribution in [1.82, 2.24) is 0 Å². The van der Waals surface area contributed by atoms with E-state index in [4.69, 9.17) is 15.2 Å². The topological polar surface area (TPSA) is 76.7 Å². The first kappa shape index (κ1) is 15.5. The number of hydrogen-bond acceptors (Lipinski definition) is 5. The Labute approximate surface area is 112 Å². The van der Waals surface area contributed by atoms with Crippen molar-refractivity contribution in [3.63, 3.8) is 0 Å². The molecule has 1 aromatic carbocycles. The molecule has 1 aromatic rings. The molecule has 5 nitrogen and oxygen atoms in total. The molecule has 0 spiro atoms. The number of hydrogen-bond donors (Lipinski definition) is 3. The summed E-state index contributed by atoms with van der Waals surface area (Å²) in [5.41, 5.74) is 6.50. The predicted molar refractivity (Wildman–Crippen MR) is 72.9 cm³/mol. The first-order valence-corrected chi connectivity index (χ1v) is 6.10. The smallest absolute Gasteiger partial charge is 0.167 e. The summed E-state index contributed by atoms with van der Waals surface area (Å²) in [5.74, 6) is -0.384. The molecule has 0 bridgehead atoms. The van der Waals surface area contributed by atoms with Crippen LogP contribution in [0.4, 0.5) is 15.8 Å². The van der Waals surface area contributed by atoms with Crippen LogP contribution in [0.2, 0.25) is 0 Å². The van der Waals surface area contributed by atoms with Crippen molar-refractivity contribution in [2.45, 2.75) is 26.0 Å². The van der Waals surface area contributed by atoms with Gasteiger partial charge in [-0.2, -0.15) is 0 Å². The highest BCUT2D eigenvalue weighted by Gasteiger charge is 2.13. The number of benzene rings is 1. The van der Waals surface area contributed by atoms with E-state index in [-0.39, 0.29) is 30.2 Å².